The van der Waals surface area contributed by atoms with Crippen molar-refractivity contribution in [2.75, 3.05) is 6.54 Å². The molecular formula is C9H13BrN2S. The molecule has 0 bridgehead atoms. The number of nitrogens with two attached hydrogens (primary N) is 1. The van der Waals surface area contributed by atoms with Gasteiger partial charge in [0.2, 0.25) is 0 Å². The fourth-order valence-corrected chi connectivity index (χ4v) is 3.69. The monoisotopic (exact) mass is 260 g/mol. The van der Waals surface area contributed by atoms with Gasteiger partial charge in [-0.1, -0.05) is 13.8 Å². The van der Waals surface area contributed by atoms with Crippen molar-refractivity contribution < 1.29 is 0 Å². The molecular weight excluding hydrogens is 248 g/mol. The van der Waals surface area contributed by atoms with Crippen molar-refractivity contribution >= 4 is 27.3 Å². The fourth-order valence-electron chi connectivity index (χ4n) is 2.09. The lowest BCUT2D eigenvalue weighted by Gasteiger charge is -1.97. The van der Waals surface area contributed by atoms with Gasteiger partial charge in [-0.05, 0) is 33.8 Å². The zero-order chi connectivity index (χ0) is 9.64. The smallest absolute Gasteiger partial charge is 0.0976 e. The summed E-state index contributed by atoms with van der Waals surface area (Å²) in [6.07, 6.45) is 1.88. The van der Waals surface area contributed by atoms with Crippen LogP contribution in [0.4, 0.5) is 0 Å². The third kappa shape index (κ3) is 1.45. The molecule has 0 radical (unpaired) electrons. The van der Waals surface area contributed by atoms with Gasteiger partial charge in [0.05, 0.1) is 15.0 Å². The number of nitrogens with zero attached hydrogens (tertiary/aromatic N) is 1. The Kier molecular flexibility index (Phi) is 2.25. The Balaban J connectivity index is 2.21. The molecule has 1 aromatic heterocycles. The lowest BCUT2D eigenvalue weighted by atomic mass is 10.1. The van der Waals surface area contributed by atoms with E-state index in [1.54, 1.807) is 11.3 Å². The van der Waals surface area contributed by atoms with Crippen LogP contribution in [-0.2, 0) is 0 Å². The van der Waals surface area contributed by atoms with Crippen molar-refractivity contribution in [3.63, 3.8) is 0 Å². The van der Waals surface area contributed by atoms with Crippen LogP contribution in [0.1, 0.15) is 24.8 Å². The zero-order valence-electron chi connectivity index (χ0n) is 7.75. The van der Waals surface area contributed by atoms with Crippen molar-refractivity contribution in [3.8, 4) is 0 Å². The van der Waals surface area contributed by atoms with Crippen molar-refractivity contribution in [1.29, 1.82) is 0 Å². The molecule has 1 saturated carbocycles. The number of thiazole rings is 1. The Bertz CT molecular complexity index is 321. The summed E-state index contributed by atoms with van der Waals surface area (Å²) in [4.78, 5) is 4.39. The highest BCUT2D eigenvalue weighted by atomic mass is 79.9. The summed E-state index contributed by atoms with van der Waals surface area (Å²) in [5.74, 6) is 1.19. The van der Waals surface area contributed by atoms with Crippen LogP contribution in [0.15, 0.2) is 9.98 Å². The Morgan fingerprint density at radius 3 is 2.77 bits per heavy atom. The van der Waals surface area contributed by atoms with Crippen LogP contribution in [0.25, 0.3) is 0 Å². The van der Waals surface area contributed by atoms with Crippen LogP contribution in [-0.4, -0.2) is 11.5 Å². The molecule has 1 fully saturated rings. The zero-order valence-corrected chi connectivity index (χ0v) is 10.2. The van der Waals surface area contributed by atoms with Gasteiger partial charge in [0, 0.05) is 5.92 Å². The van der Waals surface area contributed by atoms with Gasteiger partial charge in [0.1, 0.15) is 0 Å². The van der Waals surface area contributed by atoms with Gasteiger partial charge in [0.25, 0.3) is 0 Å². The molecule has 1 aliphatic rings. The van der Waals surface area contributed by atoms with Gasteiger partial charge in [-0.15, -0.1) is 11.3 Å². The van der Waals surface area contributed by atoms with Crippen LogP contribution in [0.2, 0.25) is 0 Å². The van der Waals surface area contributed by atoms with E-state index in [1.807, 2.05) is 6.20 Å². The first-order valence-corrected chi connectivity index (χ1v) is 5.99. The van der Waals surface area contributed by atoms with Gasteiger partial charge >= 0.3 is 0 Å². The highest BCUT2D eigenvalue weighted by Crippen LogP contribution is 2.64. The molecule has 1 heterocycles. The third-order valence-electron chi connectivity index (χ3n) is 3.07. The average molecular weight is 261 g/mol. The fraction of sp³-hybridized carbons (Fsp3) is 0.667. The maximum Gasteiger partial charge on any atom is 0.0976 e. The van der Waals surface area contributed by atoms with E-state index in [9.17, 15) is 0 Å². The van der Waals surface area contributed by atoms with Crippen LogP contribution in [0.5, 0.6) is 0 Å². The topological polar surface area (TPSA) is 38.9 Å². The van der Waals surface area contributed by atoms with Crippen molar-refractivity contribution in [2.24, 2.45) is 17.1 Å². The first-order chi connectivity index (χ1) is 6.07. The second-order valence-corrected chi connectivity index (χ2v) is 6.59. The summed E-state index contributed by atoms with van der Waals surface area (Å²) < 4.78 is 1.11. The number of rotatable bonds is 2. The predicted octanol–water partition coefficient (Wildman–Crippen LogP) is 2.60. The second kappa shape index (κ2) is 3.04. The van der Waals surface area contributed by atoms with E-state index in [0.29, 0.717) is 17.3 Å². The summed E-state index contributed by atoms with van der Waals surface area (Å²) >= 11 is 5.16. The summed E-state index contributed by atoms with van der Waals surface area (Å²) in [5.41, 5.74) is 6.06. The van der Waals surface area contributed by atoms with E-state index in [1.165, 1.54) is 5.01 Å². The minimum Gasteiger partial charge on any atom is -0.330 e. The average Bonchev–Trinajstić information content (AvgIpc) is 2.41. The molecule has 1 aliphatic carbocycles. The molecule has 13 heavy (non-hydrogen) atoms. The number of hydrogen-bond donors (Lipinski definition) is 1. The summed E-state index contributed by atoms with van der Waals surface area (Å²) in [6.45, 7) is 5.31. The molecule has 0 amide bonds. The first-order valence-electron chi connectivity index (χ1n) is 4.38. The molecule has 0 spiro atoms. The molecule has 4 heteroatoms. The number of hydrogen-bond acceptors (Lipinski definition) is 3. The Morgan fingerprint density at radius 2 is 2.38 bits per heavy atom. The van der Waals surface area contributed by atoms with Crippen LogP contribution < -0.4 is 5.73 Å². The van der Waals surface area contributed by atoms with E-state index in [2.05, 4.69) is 34.8 Å². The number of aromatic nitrogens is 1. The van der Waals surface area contributed by atoms with Gasteiger partial charge in [0.15, 0.2) is 0 Å². The first kappa shape index (κ1) is 9.62. The van der Waals surface area contributed by atoms with E-state index < -0.39 is 0 Å². The van der Waals surface area contributed by atoms with Crippen LogP contribution in [0, 0.1) is 11.3 Å². The van der Waals surface area contributed by atoms with E-state index in [0.717, 1.165) is 10.3 Å². The largest absolute Gasteiger partial charge is 0.330 e. The lowest BCUT2D eigenvalue weighted by molar-refractivity contribution is 0.558. The Morgan fingerprint density at radius 1 is 1.69 bits per heavy atom. The van der Waals surface area contributed by atoms with Gasteiger partial charge in [-0.2, -0.15) is 0 Å². The minimum atomic E-state index is 0.353. The van der Waals surface area contributed by atoms with Gasteiger partial charge < -0.3 is 5.73 Å². The highest BCUT2D eigenvalue weighted by Gasteiger charge is 2.58. The van der Waals surface area contributed by atoms with E-state index in [-0.39, 0.29) is 0 Å². The summed E-state index contributed by atoms with van der Waals surface area (Å²) in [7, 11) is 0. The molecule has 0 unspecified atom stereocenters. The normalized spacial score (nSPS) is 30.5. The Hall–Kier alpha value is 0.0700. The van der Waals surface area contributed by atoms with Crippen molar-refractivity contribution in [1.82, 2.24) is 4.98 Å². The van der Waals surface area contributed by atoms with E-state index >= 15 is 0 Å². The molecule has 1 aromatic rings. The second-order valence-electron chi connectivity index (χ2n) is 4.14. The molecule has 2 N–H and O–H groups in total. The number of halogens is 1. The standard InChI is InChI=1S/C9H13BrN2S/c1-9(2)5(3-11)7(9)8-12-4-6(10)13-8/h4-5,7H,3,11H2,1-2H3/t5-,7+/m1/s1. The molecule has 0 saturated heterocycles. The predicted molar refractivity (Wildman–Crippen MR) is 58.9 cm³/mol. The van der Waals surface area contributed by atoms with Crippen molar-refractivity contribution in [3.05, 3.63) is 15.0 Å². The molecule has 0 aliphatic heterocycles. The molecule has 0 aromatic carbocycles. The van der Waals surface area contributed by atoms with Crippen LogP contribution in [0.3, 0.4) is 0 Å². The Labute approximate surface area is 90.7 Å². The summed E-state index contributed by atoms with van der Waals surface area (Å²) in [6, 6.07) is 0. The van der Waals surface area contributed by atoms with Crippen molar-refractivity contribution in [2.45, 2.75) is 19.8 Å². The van der Waals surface area contributed by atoms with Crippen LogP contribution >= 0.6 is 27.3 Å². The molecule has 2 rings (SSSR count). The van der Waals surface area contributed by atoms with E-state index in [4.69, 9.17) is 5.73 Å². The van der Waals surface area contributed by atoms with Gasteiger partial charge in [-0.3, -0.25) is 0 Å². The SMILES string of the molecule is CC1(C)[C@H](CN)[C@H]1c1ncc(Br)s1. The minimum absolute atomic E-state index is 0.353. The lowest BCUT2D eigenvalue weighted by Crippen LogP contribution is -2.05. The molecule has 2 nitrogen and oxygen atoms in total. The maximum atomic E-state index is 5.71. The molecule has 72 valence electrons. The highest BCUT2D eigenvalue weighted by molar-refractivity contribution is 9.11. The maximum absolute atomic E-state index is 5.71. The summed E-state index contributed by atoms with van der Waals surface area (Å²) in [5, 5.41) is 1.23. The van der Waals surface area contributed by atoms with Gasteiger partial charge in [-0.25, -0.2) is 4.98 Å². The molecule has 2 atom stereocenters. The quantitative estimate of drug-likeness (QED) is 0.888. The third-order valence-corrected chi connectivity index (χ3v) is 4.63.